The Hall–Kier alpha value is -0.770. The maximum absolute atomic E-state index is 11.4. The van der Waals surface area contributed by atoms with Gasteiger partial charge in [0, 0.05) is 1.37 Å². The minimum atomic E-state index is -0.791. The molecule has 0 aromatic heterocycles. The highest BCUT2D eigenvalue weighted by atomic mass is 16.6. The molecule has 0 saturated heterocycles. The molecule has 2 N–H and O–H groups in total. The molecule has 0 aliphatic heterocycles. The summed E-state index contributed by atoms with van der Waals surface area (Å²) < 4.78 is 12.2. The van der Waals surface area contributed by atoms with E-state index < -0.39 is 11.7 Å². The fourth-order valence-corrected chi connectivity index (χ4v) is 0.855. The lowest BCUT2D eigenvalue weighted by molar-refractivity contribution is 0.0462. The molecule has 14 heavy (non-hydrogen) atoms. The average Bonchev–Trinajstić information content (AvgIpc) is 2.13. The Morgan fingerprint density at radius 1 is 1.64 bits per heavy atom. The van der Waals surface area contributed by atoms with Gasteiger partial charge in [0.05, 0.1) is 12.6 Å². The third-order valence-corrected chi connectivity index (χ3v) is 1.67. The van der Waals surface area contributed by atoms with Crippen molar-refractivity contribution in [3.05, 3.63) is 0 Å². The van der Waals surface area contributed by atoms with E-state index in [1.165, 1.54) is 0 Å². The van der Waals surface area contributed by atoms with Gasteiger partial charge in [-0.25, -0.2) is 4.79 Å². The van der Waals surface area contributed by atoms with Gasteiger partial charge in [0.25, 0.3) is 0 Å². The number of ether oxygens (including phenoxy) is 1. The first-order valence-electron chi connectivity index (χ1n) is 5.42. The van der Waals surface area contributed by atoms with E-state index >= 15 is 0 Å². The summed E-state index contributed by atoms with van der Waals surface area (Å²) in [5.74, 6) is 0.140. The van der Waals surface area contributed by atoms with Crippen LogP contribution < -0.4 is 5.32 Å². The fraction of sp³-hybridized carbons (Fsp3) is 0.900. The summed E-state index contributed by atoms with van der Waals surface area (Å²) in [6.45, 7) is 7.03. The van der Waals surface area contributed by atoms with Crippen molar-refractivity contribution < 1.29 is 16.0 Å². The number of aliphatic hydroxyl groups is 1. The number of alkyl carbamates (subject to hydrolysis) is 1. The van der Waals surface area contributed by atoms with E-state index in [0.717, 1.165) is 0 Å². The highest BCUT2D eigenvalue weighted by Crippen LogP contribution is 2.08. The number of hydrogen-bond acceptors (Lipinski definition) is 3. The predicted molar refractivity (Wildman–Crippen MR) is 55.1 cm³/mol. The summed E-state index contributed by atoms with van der Waals surface area (Å²) in [5.41, 5.74) is -0.791. The van der Waals surface area contributed by atoms with E-state index in [0.29, 0.717) is 0 Å². The SMILES string of the molecule is [2H]CC(C)(C)OC(=O)N[C@H](CO)C(C)C. The topological polar surface area (TPSA) is 58.6 Å². The monoisotopic (exact) mass is 204 g/mol. The van der Waals surface area contributed by atoms with Gasteiger partial charge in [-0.1, -0.05) is 13.8 Å². The normalized spacial score (nSPS) is 14.9. The van der Waals surface area contributed by atoms with Crippen LogP contribution in [0, 0.1) is 5.92 Å². The summed E-state index contributed by atoms with van der Waals surface area (Å²) >= 11 is 0. The summed E-state index contributed by atoms with van der Waals surface area (Å²) in [7, 11) is 0. The van der Waals surface area contributed by atoms with Crippen LogP contribution in [0.4, 0.5) is 4.79 Å². The third-order valence-electron chi connectivity index (χ3n) is 1.67. The molecule has 0 bridgehead atoms. The van der Waals surface area contributed by atoms with Crippen molar-refractivity contribution in [2.24, 2.45) is 5.92 Å². The first-order chi connectivity index (χ1) is 6.82. The van der Waals surface area contributed by atoms with Crippen LogP contribution in [0.25, 0.3) is 0 Å². The van der Waals surface area contributed by atoms with Crippen LogP contribution in [-0.2, 0) is 4.74 Å². The van der Waals surface area contributed by atoms with Gasteiger partial charge in [-0.2, -0.15) is 0 Å². The van der Waals surface area contributed by atoms with Gasteiger partial charge in [0.15, 0.2) is 0 Å². The minimum absolute atomic E-state index is 0.00584. The van der Waals surface area contributed by atoms with Gasteiger partial charge in [-0.15, -0.1) is 0 Å². The zero-order valence-electron chi connectivity index (χ0n) is 10.3. The zero-order chi connectivity index (χ0) is 12.1. The number of nitrogens with one attached hydrogen (secondary N) is 1. The zero-order valence-corrected chi connectivity index (χ0v) is 9.33. The molecule has 1 amide bonds. The van der Waals surface area contributed by atoms with Gasteiger partial charge >= 0.3 is 6.09 Å². The molecule has 0 fully saturated rings. The molecule has 4 nitrogen and oxygen atoms in total. The maximum Gasteiger partial charge on any atom is 0.407 e. The second-order valence-corrected chi connectivity index (χ2v) is 4.33. The Morgan fingerprint density at radius 2 is 2.21 bits per heavy atom. The summed E-state index contributed by atoms with van der Waals surface area (Å²) in [6.07, 6.45) is -0.583. The lowest BCUT2D eigenvalue weighted by atomic mass is 10.1. The van der Waals surface area contributed by atoms with Crippen molar-refractivity contribution >= 4 is 6.09 Å². The third kappa shape index (κ3) is 5.80. The average molecular weight is 204 g/mol. The molecule has 0 heterocycles. The molecule has 84 valence electrons. The number of carbonyl (C=O) groups is 1. The number of amides is 1. The molecule has 0 saturated carbocycles. The highest BCUT2D eigenvalue weighted by Gasteiger charge is 2.20. The Morgan fingerprint density at radius 3 is 2.57 bits per heavy atom. The van der Waals surface area contributed by atoms with Crippen molar-refractivity contribution in [1.82, 2.24) is 5.32 Å². The van der Waals surface area contributed by atoms with Crippen molar-refractivity contribution in [2.45, 2.75) is 46.2 Å². The predicted octanol–water partition coefficient (Wildman–Crippen LogP) is 1.53. The Kier molecular flexibility index (Phi) is 4.20. The van der Waals surface area contributed by atoms with Crippen LogP contribution in [0.2, 0.25) is 0 Å². The lowest BCUT2D eigenvalue weighted by Crippen LogP contribution is -2.43. The lowest BCUT2D eigenvalue weighted by Gasteiger charge is -2.24. The van der Waals surface area contributed by atoms with Crippen LogP contribution in [0.15, 0.2) is 0 Å². The van der Waals surface area contributed by atoms with E-state index in [1.54, 1.807) is 13.8 Å². The van der Waals surface area contributed by atoms with Crippen molar-refractivity contribution in [2.75, 3.05) is 6.61 Å². The van der Waals surface area contributed by atoms with Gasteiger partial charge in [0.1, 0.15) is 5.60 Å². The number of rotatable bonds is 3. The maximum atomic E-state index is 11.4. The van der Waals surface area contributed by atoms with E-state index in [4.69, 9.17) is 11.2 Å². The van der Waals surface area contributed by atoms with E-state index in [9.17, 15) is 4.79 Å². The molecule has 0 aliphatic rings. The fourth-order valence-electron chi connectivity index (χ4n) is 0.855. The van der Waals surface area contributed by atoms with Crippen LogP contribution in [-0.4, -0.2) is 29.4 Å². The minimum Gasteiger partial charge on any atom is -0.444 e. The molecule has 0 aromatic rings. The molecular formula is C10H21NO3. The molecule has 0 rings (SSSR count). The highest BCUT2D eigenvalue weighted by molar-refractivity contribution is 5.68. The standard InChI is InChI=1S/C10H21NO3/c1-7(2)8(6-12)11-9(13)14-10(3,4)5/h7-8,12H,6H2,1-5H3,(H,11,13)/t8-/m1/s1/i3D. The van der Waals surface area contributed by atoms with E-state index in [1.807, 2.05) is 13.8 Å². The molecule has 0 aromatic carbocycles. The number of hydrogen-bond donors (Lipinski definition) is 2. The Labute approximate surface area is 87.0 Å². The summed E-state index contributed by atoms with van der Waals surface area (Å²) in [6, 6.07) is -0.306. The molecule has 0 unspecified atom stereocenters. The van der Waals surface area contributed by atoms with Gasteiger partial charge in [-0.05, 0) is 26.7 Å². The van der Waals surface area contributed by atoms with Gasteiger partial charge < -0.3 is 15.2 Å². The van der Waals surface area contributed by atoms with Gasteiger partial charge in [0.2, 0.25) is 0 Å². The smallest absolute Gasteiger partial charge is 0.407 e. The van der Waals surface area contributed by atoms with Crippen LogP contribution in [0.5, 0.6) is 0 Å². The first kappa shape index (κ1) is 11.3. The largest absolute Gasteiger partial charge is 0.444 e. The molecule has 0 radical (unpaired) electrons. The molecule has 0 spiro atoms. The number of aliphatic hydroxyl groups excluding tert-OH is 1. The van der Waals surface area contributed by atoms with Crippen LogP contribution >= 0.6 is 0 Å². The van der Waals surface area contributed by atoms with Crippen molar-refractivity contribution in [1.29, 1.82) is 0 Å². The van der Waals surface area contributed by atoms with Crippen LogP contribution in [0.1, 0.15) is 36.0 Å². The van der Waals surface area contributed by atoms with E-state index in [2.05, 4.69) is 5.32 Å². The Bertz CT molecular complexity index is 207. The second-order valence-electron chi connectivity index (χ2n) is 4.33. The van der Waals surface area contributed by atoms with E-state index in [-0.39, 0.29) is 25.5 Å². The molecule has 0 aliphatic carbocycles. The molecular weight excluding hydrogens is 182 g/mol. The van der Waals surface area contributed by atoms with Crippen molar-refractivity contribution in [3.63, 3.8) is 0 Å². The molecule has 1 atom stereocenters. The quantitative estimate of drug-likeness (QED) is 0.733. The first-order valence-corrected chi connectivity index (χ1v) is 4.72. The molecule has 4 heteroatoms. The second kappa shape index (κ2) is 5.20. The van der Waals surface area contributed by atoms with Gasteiger partial charge in [-0.3, -0.25) is 0 Å². The summed E-state index contributed by atoms with van der Waals surface area (Å²) in [4.78, 5) is 11.4. The van der Waals surface area contributed by atoms with Crippen molar-refractivity contribution in [3.8, 4) is 0 Å². The number of carbonyl (C=O) groups excluding carboxylic acids is 1. The van der Waals surface area contributed by atoms with Crippen LogP contribution in [0.3, 0.4) is 0 Å². The summed E-state index contributed by atoms with van der Waals surface area (Å²) in [5, 5.41) is 11.6. The Balaban J connectivity index is 4.13.